The molecule has 5 fully saturated rings. The first-order valence-electron chi connectivity index (χ1n) is 18.7. The Bertz CT molecular complexity index is 2280. The van der Waals surface area contributed by atoms with Crippen LogP contribution in [0.4, 0.5) is 9.59 Å². The van der Waals surface area contributed by atoms with Crippen LogP contribution in [0.2, 0.25) is 0 Å². The molecule has 0 spiro atoms. The van der Waals surface area contributed by atoms with E-state index in [9.17, 15) is 19.5 Å². The van der Waals surface area contributed by atoms with Crippen LogP contribution in [0.15, 0.2) is 60.8 Å². The molecule has 5 aliphatic rings. The Morgan fingerprint density at radius 3 is 2.25 bits per heavy atom. The molecule has 0 bridgehead atoms. The average molecular weight is 716 g/mol. The maximum atomic E-state index is 14.2. The number of carbonyl (C=O) groups is 3. The zero-order valence-electron chi connectivity index (χ0n) is 29.3. The van der Waals surface area contributed by atoms with Gasteiger partial charge in [-0.25, -0.2) is 19.6 Å². The summed E-state index contributed by atoms with van der Waals surface area (Å²) in [6.45, 7) is 1.14. The van der Waals surface area contributed by atoms with Crippen molar-refractivity contribution in [2.45, 2.75) is 68.7 Å². The van der Waals surface area contributed by atoms with Crippen molar-refractivity contribution in [3.05, 3.63) is 72.4 Å². The van der Waals surface area contributed by atoms with Gasteiger partial charge in [-0.1, -0.05) is 30.3 Å². The normalized spacial score (nSPS) is 26.7. The quantitative estimate of drug-likeness (QED) is 0.150. The van der Waals surface area contributed by atoms with Crippen LogP contribution in [0.1, 0.15) is 62.3 Å². The van der Waals surface area contributed by atoms with Crippen LogP contribution in [-0.2, 0) is 14.3 Å². The number of alkyl carbamates (subject to hydrolysis) is 1. The van der Waals surface area contributed by atoms with Crippen LogP contribution in [0, 0.1) is 17.8 Å². The number of likely N-dealkylation sites (tertiary alicyclic amines) is 2. The Morgan fingerprint density at radius 1 is 0.849 bits per heavy atom. The van der Waals surface area contributed by atoms with E-state index in [1.807, 2.05) is 17.2 Å². The maximum Gasteiger partial charge on any atom is 0.408 e. The van der Waals surface area contributed by atoms with Crippen molar-refractivity contribution in [2.24, 2.45) is 17.8 Å². The van der Waals surface area contributed by atoms with E-state index in [4.69, 9.17) is 19.4 Å². The second-order valence-electron chi connectivity index (χ2n) is 15.4. The first kappa shape index (κ1) is 32.2. The summed E-state index contributed by atoms with van der Waals surface area (Å²) in [6, 6.07) is 18.1. The van der Waals surface area contributed by atoms with Crippen molar-refractivity contribution in [3.8, 4) is 22.4 Å². The molecule has 7 atom stereocenters. The van der Waals surface area contributed by atoms with Crippen LogP contribution in [0.25, 0.3) is 44.2 Å². The predicted molar refractivity (Wildman–Crippen MR) is 195 cm³/mol. The molecule has 272 valence electrons. The number of hydrogen-bond donors (Lipinski definition) is 4. The molecule has 3 unspecified atom stereocenters. The van der Waals surface area contributed by atoms with Gasteiger partial charge in [0.1, 0.15) is 17.7 Å². The molecule has 13 nitrogen and oxygen atoms in total. The zero-order chi connectivity index (χ0) is 36.0. The Hall–Kier alpha value is -5.43. The first-order chi connectivity index (χ1) is 25.8. The number of nitrogens with zero attached hydrogens (tertiary/aromatic N) is 4. The summed E-state index contributed by atoms with van der Waals surface area (Å²) in [4.78, 5) is 58.6. The molecule has 4 N–H and O–H groups in total. The summed E-state index contributed by atoms with van der Waals surface area (Å²) in [6.07, 6.45) is 5.46. The fourth-order valence-electron chi connectivity index (χ4n) is 9.38. The lowest BCUT2D eigenvalue weighted by atomic mass is 9.90. The minimum absolute atomic E-state index is 0.0146. The van der Waals surface area contributed by atoms with Gasteiger partial charge in [0, 0.05) is 37.1 Å². The highest BCUT2D eigenvalue weighted by atomic mass is 16.5. The number of methoxy groups -OCH3 is 1. The van der Waals surface area contributed by atoms with Crippen molar-refractivity contribution in [3.63, 3.8) is 0 Å². The van der Waals surface area contributed by atoms with E-state index in [-0.39, 0.29) is 36.0 Å². The predicted octanol–water partition coefficient (Wildman–Crippen LogP) is 6.40. The minimum Gasteiger partial charge on any atom is -0.465 e. The monoisotopic (exact) mass is 715 g/mol. The van der Waals surface area contributed by atoms with Crippen molar-refractivity contribution in [2.75, 3.05) is 20.3 Å². The lowest BCUT2D eigenvalue weighted by molar-refractivity contribution is -0.138. The van der Waals surface area contributed by atoms with Gasteiger partial charge < -0.3 is 34.8 Å². The highest BCUT2D eigenvalue weighted by Crippen LogP contribution is 2.54. The molecular formula is C40H41N7O6. The molecule has 3 aromatic carbocycles. The summed E-state index contributed by atoms with van der Waals surface area (Å²) in [5, 5.41) is 14.8. The van der Waals surface area contributed by atoms with Gasteiger partial charge in [-0.05, 0) is 102 Å². The second kappa shape index (κ2) is 12.3. The fourth-order valence-corrected chi connectivity index (χ4v) is 9.38. The van der Waals surface area contributed by atoms with Crippen molar-refractivity contribution < 1.29 is 29.0 Å². The number of H-pyrrole nitrogens is 2. The van der Waals surface area contributed by atoms with Gasteiger partial charge in [0.2, 0.25) is 5.91 Å². The van der Waals surface area contributed by atoms with E-state index in [0.29, 0.717) is 37.9 Å². The number of ether oxygens (including phenoxy) is 2. The van der Waals surface area contributed by atoms with E-state index in [1.54, 1.807) is 4.90 Å². The maximum absolute atomic E-state index is 14.2. The molecule has 53 heavy (non-hydrogen) atoms. The van der Waals surface area contributed by atoms with Gasteiger partial charge >= 0.3 is 12.2 Å². The molecule has 2 saturated carbocycles. The van der Waals surface area contributed by atoms with Gasteiger partial charge in [0.05, 0.1) is 35.9 Å². The number of fused-ring (bicyclic) bond motifs is 4. The number of aromatic nitrogens is 4. The topological polar surface area (TPSA) is 166 Å². The zero-order valence-corrected chi connectivity index (χ0v) is 29.3. The van der Waals surface area contributed by atoms with Gasteiger partial charge in [0.15, 0.2) is 0 Å². The number of piperidine rings is 2. The van der Waals surface area contributed by atoms with Gasteiger partial charge in [-0.15, -0.1) is 0 Å². The molecule has 3 amide bonds. The number of benzene rings is 3. The molecule has 0 radical (unpaired) electrons. The number of aromatic amines is 2. The summed E-state index contributed by atoms with van der Waals surface area (Å²) in [7, 11) is 1.32. The Kier molecular flexibility index (Phi) is 7.50. The van der Waals surface area contributed by atoms with Crippen LogP contribution < -0.4 is 5.32 Å². The number of amides is 3. The highest BCUT2D eigenvalue weighted by Gasteiger charge is 2.57. The number of carbonyl (C=O) groups excluding carboxylic acids is 2. The SMILES string of the molecule is COC(=O)N[C@H](C(=O)N1[C@@H]2C[C@@H]2C[C@H]1c1nc(-c2ccc3cc(-c4ccc5nc(C6CC7CC7N6C(=O)O)[nH]c5c4)ccc3c2)c[nH]1)C1CCOCC1. The molecule has 3 saturated heterocycles. The molecule has 2 aromatic heterocycles. The van der Waals surface area contributed by atoms with E-state index in [1.165, 1.54) is 7.11 Å². The van der Waals surface area contributed by atoms with Crippen LogP contribution in [0.3, 0.4) is 0 Å². The summed E-state index contributed by atoms with van der Waals surface area (Å²) < 4.78 is 10.4. The van der Waals surface area contributed by atoms with E-state index in [0.717, 1.165) is 81.5 Å². The molecule has 5 heterocycles. The smallest absolute Gasteiger partial charge is 0.408 e. The van der Waals surface area contributed by atoms with Crippen molar-refractivity contribution in [1.29, 1.82) is 0 Å². The van der Waals surface area contributed by atoms with Gasteiger partial charge in [-0.2, -0.15) is 0 Å². The first-order valence-corrected chi connectivity index (χ1v) is 18.7. The van der Waals surface area contributed by atoms with E-state index in [2.05, 4.69) is 63.8 Å². The lowest BCUT2D eigenvalue weighted by Gasteiger charge is -2.35. The van der Waals surface area contributed by atoms with Gasteiger partial charge in [0.25, 0.3) is 0 Å². The summed E-state index contributed by atoms with van der Waals surface area (Å²) in [5.41, 5.74) is 5.64. The third kappa shape index (κ3) is 5.60. The van der Waals surface area contributed by atoms with Crippen LogP contribution >= 0.6 is 0 Å². The number of imidazole rings is 2. The average Bonchev–Trinajstić information content (AvgIpc) is 3.80. The Morgan fingerprint density at radius 2 is 1.51 bits per heavy atom. The summed E-state index contributed by atoms with van der Waals surface area (Å²) in [5.74, 6) is 2.29. The van der Waals surface area contributed by atoms with E-state index >= 15 is 0 Å². The van der Waals surface area contributed by atoms with Crippen molar-refractivity contribution >= 4 is 39.9 Å². The summed E-state index contributed by atoms with van der Waals surface area (Å²) >= 11 is 0. The number of nitrogens with one attached hydrogen (secondary N) is 3. The molecule has 10 rings (SSSR count). The fraction of sp³-hybridized carbons (Fsp3) is 0.425. The standard InChI is InChI=1S/C40H41N7O6/c1-52-39(49)45-35(20-8-10-53-11-9-20)38(48)46-31-15-26(31)17-33(46)36-41-19-30(44-36)25-5-4-21-12-22(2-3-23(21)13-25)24-6-7-28-29(14-24)43-37(42-28)34-18-27-16-32(27)47(34)40(50)51/h2-7,12-14,19-20,26-27,31-35H,8-11,15-18H2,1H3,(H,41,44)(H,42,43)(H,45,49)(H,50,51)/t26-,27?,31-,32?,33+,34?,35+/m1/s1. The number of hydrogen-bond acceptors (Lipinski definition) is 7. The van der Waals surface area contributed by atoms with Crippen LogP contribution in [-0.4, -0.2) is 91.4 Å². The molecule has 2 aliphatic carbocycles. The Balaban J connectivity index is 0.878. The molecule has 13 heteroatoms. The second-order valence-corrected chi connectivity index (χ2v) is 15.4. The third-order valence-electron chi connectivity index (χ3n) is 12.3. The van der Waals surface area contributed by atoms with Gasteiger partial charge in [-0.3, -0.25) is 9.69 Å². The van der Waals surface area contributed by atoms with E-state index < -0.39 is 18.2 Å². The van der Waals surface area contributed by atoms with Crippen LogP contribution in [0.5, 0.6) is 0 Å². The molecule has 5 aromatic rings. The number of rotatable bonds is 7. The highest BCUT2D eigenvalue weighted by molar-refractivity contribution is 5.92. The minimum atomic E-state index is -0.873. The lowest BCUT2D eigenvalue weighted by Crippen LogP contribution is -2.54. The Labute approximate surface area is 305 Å². The largest absolute Gasteiger partial charge is 0.465 e. The van der Waals surface area contributed by atoms with Crippen molar-refractivity contribution in [1.82, 2.24) is 35.1 Å². The molecule has 3 aliphatic heterocycles. The molecular weight excluding hydrogens is 674 g/mol. The number of carboxylic acid groups (broad SMARTS) is 1. The third-order valence-corrected chi connectivity index (χ3v) is 12.3.